The zero-order valence-corrected chi connectivity index (χ0v) is 21.5. The van der Waals surface area contributed by atoms with Crippen LogP contribution in [0, 0.1) is 46.3 Å². The minimum Gasteiger partial charge on any atom is -0.462 e. The molecule has 0 amide bonds. The van der Waals surface area contributed by atoms with E-state index >= 15 is 0 Å². The lowest BCUT2D eigenvalue weighted by Gasteiger charge is -2.58. The highest BCUT2D eigenvalue weighted by Gasteiger charge is 2.68. The zero-order chi connectivity index (χ0) is 23.2. The van der Waals surface area contributed by atoms with E-state index in [0.29, 0.717) is 28.8 Å². The Balaban J connectivity index is 1.24. The van der Waals surface area contributed by atoms with E-state index in [0.717, 1.165) is 43.1 Å². The largest absolute Gasteiger partial charge is 0.462 e. The second kappa shape index (κ2) is 7.56. The Hall–Kier alpha value is -0.870. The molecule has 6 rings (SSSR count). The topological polar surface area (TPSA) is 47.6 Å². The normalized spacial score (nSPS) is 55.2. The summed E-state index contributed by atoms with van der Waals surface area (Å²) in [5.41, 5.74) is 2.24. The molecule has 6 aliphatic rings. The standard InChI is InChI=1S/C29H45NO3/c1-17-8-13-29(30-16-17)18(2)26-25(33-29)15-24-22-7-6-20-14-21(32-19(3)31)9-11-27(20,4)23(22)10-12-28(24,26)5/h6,17-18,21-26,30H,7-16H2,1-5H3/t17-,18+,21+,22-,23+,24-,25-,26+,27-,28-,29+/m0/s1. The number of rotatable bonds is 1. The summed E-state index contributed by atoms with van der Waals surface area (Å²) in [5, 5.41) is 3.88. The summed E-state index contributed by atoms with van der Waals surface area (Å²) in [4.78, 5) is 11.5. The molecule has 3 saturated carbocycles. The molecule has 0 radical (unpaired) electrons. The minimum atomic E-state index is -0.127. The highest BCUT2D eigenvalue weighted by molar-refractivity contribution is 5.66. The number of hydrogen-bond acceptors (Lipinski definition) is 4. The molecule has 0 aromatic carbocycles. The highest BCUT2D eigenvalue weighted by atomic mass is 16.5. The molecular formula is C29H45NO3. The average molecular weight is 456 g/mol. The van der Waals surface area contributed by atoms with Gasteiger partial charge in [0.25, 0.3) is 0 Å². The van der Waals surface area contributed by atoms with Gasteiger partial charge in [0.1, 0.15) is 11.8 Å². The molecule has 5 fully saturated rings. The van der Waals surface area contributed by atoms with Crippen molar-refractivity contribution in [1.29, 1.82) is 0 Å². The Morgan fingerprint density at radius 1 is 1.12 bits per heavy atom. The highest BCUT2D eigenvalue weighted by Crippen LogP contribution is 2.70. The Morgan fingerprint density at radius 2 is 1.94 bits per heavy atom. The molecule has 11 atom stereocenters. The van der Waals surface area contributed by atoms with E-state index in [1.807, 2.05) is 0 Å². The van der Waals surface area contributed by atoms with E-state index in [-0.39, 0.29) is 17.8 Å². The van der Waals surface area contributed by atoms with Gasteiger partial charge < -0.3 is 9.47 Å². The van der Waals surface area contributed by atoms with E-state index < -0.39 is 0 Å². The second-order valence-electron chi connectivity index (χ2n) is 13.4. The van der Waals surface area contributed by atoms with Gasteiger partial charge in [-0.25, -0.2) is 0 Å². The fourth-order valence-corrected chi connectivity index (χ4v) is 10.2. The van der Waals surface area contributed by atoms with Gasteiger partial charge in [-0.15, -0.1) is 0 Å². The molecule has 2 aliphatic heterocycles. The molecule has 0 unspecified atom stereocenters. The Labute approximate surface area is 200 Å². The van der Waals surface area contributed by atoms with E-state index in [1.165, 1.54) is 44.9 Å². The number of nitrogens with one attached hydrogen (secondary N) is 1. The molecule has 33 heavy (non-hydrogen) atoms. The molecule has 1 N–H and O–H groups in total. The van der Waals surface area contributed by atoms with Crippen LogP contribution in [-0.4, -0.2) is 30.4 Å². The van der Waals surface area contributed by atoms with Crippen LogP contribution in [0.4, 0.5) is 0 Å². The summed E-state index contributed by atoms with van der Waals surface area (Å²) >= 11 is 0. The van der Waals surface area contributed by atoms with Gasteiger partial charge in [-0.3, -0.25) is 10.1 Å². The SMILES string of the molecule is CC(=O)O[C@@H]1CC[C@@]2(C)C(=CC[C@H]3[C@H]2CC[C@]2(C)[C@H]4[C@H](C[C@@H]32)O[C@]2(CC[C@H](C)CN2)[C@@H]4C)C1. The molecular weight excluding hydrogens is 410 g/mol. The number of allylic oxidation sites excluding steroid dienone is 1. The first-order chi connectivity index (χ1) is 15.7. The summed E-state index contributed by atoms with van der Waals surface area (Å²) < 4.78 is 12.6. The van der Waals surface area contributed by atoms with Crippen LogP contribution < -0.4 is 5.32 Å². The fourth-order valence-electron chi connectivity index (χ4n) is 10.2. The zero-order valence-electron chi connectivity index (χ0n) is 21.5. The van der Waals surface area contributed by atoms with Gasteiger partial charge in [0.05, 0.1) is 6.10 Å². The van der Waals surface area contributed by atoms with E-state index in [4.69, 9.17) is 9.47 Å². The van der Waals surface area contributed by atoms with Gasteiger partial charge in [0.2, 0.25) is 0 Å². The molecule has 4 aliphatic carbocycles. The first-order valence-electron chi connectivity index (χ1n) is 14.0. The number of piperidine rings is 1. The molecule has 0 aromatic heterocycles. The summed E-state index contributed by atoms with van der Waals surface area (Å²) in [7, 11) is 0. The molecule has 0 aromatic rings. The third-order valence-electron chi connectivity index (χ3n) is 11.9. The molecule has 184 valence electrons. The summed E-state index contributed by atoms with van der Waals surface area (Å²) in [5.74, 6) is 4.30. The van der Waals surface area contributed by atoms with Gasteiger partial charge in [-0.2, -0.15) is 0 Å². The van der Waals surface area contributed by atoms with Gasteiger partial charge in [-0.05, 0) is 91.8 Å². The lowest BCUT2D eigenvalue weighted by atomic mass is 9.47. The van der Waals surface area contributed by atoms with Gasteiger partial charge >= 0.3 is 5.97 Å². The van der Waals surface area contributed by atoms with Crippen LogP contribution >= 0.6 is 0 Å². The van der Waals surface area contributed by atoms with Crippen molar-refractivity contribution in [3.8, 4) is 0 Å². The van der Waals surface area contributed by atoms with Crippen molar-refractivity contribution in [2.45, 2.75) is 110 Å². The van der Waals surface area contributed by atoms with E-state index in [2.05, 4.69) is 39.1 Å². The Kier molecular flexibility index (Phi) is 5.18. The quantitative estimate of drug-likeness (QED) is 0.397. The molecule has 2 saturated heterocycles. The lowest BCUT2D eigenvalue weighted by Crippen LogP contribution is -2.57. The van der Waals surface area contributed by atoms with Crippen molar-refractivity contribution in [2.24, 2.45) is 46.3 Å². The number of carbonyl (C=O) groups excluding carboxylic acids is 1. The molecule has 1 spiro atoms. The van der Waals surface area contributed by atoms with Crippen molar-refractivity contribution >= 4 is 5.97 Å². The van der Waals surface area contributed by atoms with Crippen LogP contribution in [-0.2, 0) is 14.3 Å². The van der Waals surface area contributed by atoms with Crippen LogP contribution in [0.15, 0.2) is 11.6 Å². The molecule has 2 heterocycles. The third kappa shape index (κ3) is 3.18. The van der Waals surface area contributed by atoms with Gasteiger partial charge in [-0.1, -0.05) is 39.3 Å². The lowest BCUT2D eigenvalue weighted by molar-refractivity contribution is -0.148. The Bertz CT molecular complexity index is 844. The number of hydrogen-bond donors (Lipinski definition) is 1. The third-order valence-corrected chi connectivity index (χ3v) is 11.9. The van der Waals surface area contributed by atoms with Crippen molar-refractivity contribution in [3.05, 3.63) is 11.6 Å². The van der Waals surface area contributed by atoms with Crippen LogP contribution in [0.2, 0.25) is 0 Å². The molecule has 4 nitrogen and oxygen atoms in total. The van der Waals surface area contributed by atoms with Crippen molar-refractivity contribution in [1.82, 2.24) is 5.32 Å². The van der Waals surface area contributed by atoms with E-state index in [9.17, 15) is 4.79 Å². The smallest absolute Gasteiger partial charge is 0.302 e. The predicted octanol–water partition coefficient (Wildman–Crippen LogP) is 5.86. The average Bonchev–Trinajstić information content (AvgIpc) is 3.21. The summed E-state index contributed by atoms with van der Waals surface area (Å²) in [6, 6.07) is 0. The van der Waals surface area contributed by atoms with Gasteiger partial charge in [0.15, 0.2) is 0 Å². The van der Waals surface area contributed by atoms with Crippen molar-refractivity contribution in [3.63, 3.8) is 0 Å². The molecule has 4 heteroatoms. The number of carbonyl (C=O) groups is 1. The van der Waals surface area contributed by atoms with Crippen LogP contribution in [0.5, 0.6) is 0 Å². The first kappa shape index (κ1) is 22.6. The minimum absolute atomic E-state index is 0.0621. The Morgan fingerprint density at radius 3 is 2.67 bits per heavy atom. The number of fused-ring (bicyclic) bond motifs is 7. The van der Waals surface area contributed by atoms with Crippen LogP contribution in [0.25, 0.3) is 0 Å². The maximum absolute atomic E-state index is 11.5. The van der Waals surface area contributed by atoms with Crippen LogP contribution in [0.1, 0.15) is 92.4 Å². The maximum Gasteiger partial charge on any atom is 0.302 e. The van der Waals surface area contributed by atoms with Crippen molar-refractivity contribution < 1.29 is 14.3 Å². The van der Waals surface area contributed by atoms with Crippen molar-refractivity contribution in [2.75, 3.05) is 6.54 Å². The maximum atomic E-state index is 11.5. The van der Waals surface area contributed by atoms with Crippen LogP contribution in [0.3, 0.4) is 0 Å². The van der Waals surface area contributed by atoms with Gasteiger partial charge in [0, 0.05) is 25.8 Å². The second-order valence-corrected chi connectivity index (χ2v) is 13.4. The monoisotopic (exact) mass is 455 g/mol. The summed E-state index contributed by atoms with van der Waals surface area (Å²) in [6.07, 6.45) is 13.9. The number of ether oxygens (including phenoxy) is 2. The first-order valence-corrected chi connectivity index (χ1v) is 14.0. The number of esters is 1. The predicted molar refractivity (Wildman–Crippen MR) is 129 cm³/mol. The fraction of sp³-hybridized carbons (Fsp3) is 0.897. The summed E-state index contributed by atoms with van der Waals surface area (Å²) in [6.45, 7) is 12.7. The van der Waals surface area contributed by atoms with E-state index in [1.54, 1.807) is 12.5 Å². The molecule has 0 bridgehead atoms.